The molecule has 0 aliphatic carbocycles. The first-order valence-electron chi connectivity index (χ1n) is 4.02. The van der Waals surface area contributed by atoms with Crippen LogP contribution in [0.25, 0.3) is 0 Å². The highest BCUT2D eigenvalue weighted by molar-refractivity contribution is 8.00. The predicted octanol–water partition coefficient (Wildman–Crippen LogP) is 2.51. The molecule has 1 heterocycles. The third-order valence-electron chi connectivity index (χ3n) is 1.37. The van der Waals surface area contributed by atoms with Crippen molar-refractivity contribution in [2.75, 3.05) is 17.6 Å². The van der Waals surface area contributed by atoms with E-state index >= 15 is 0 Å². The Morgan fingerprint density at radius 3 is 2.81 bits per heavy atom. The summed E-state index contributed by atoms with van der Waals surface area (Å²) >= 11 is 0.906. The van der Waals surface area contributed by atoms with E-state index in [0.29, 0.717) is 5.13 Å². The lowest BCUT2D eigenvalue weighted by atomic mass is 10.5. The summed E-state index contributed by atoms with van der Waals surface area (Å²) in [5.41, 5.74) is -4.35. The monoisotopic (exact) mass is 272 g/mol. The van der Waals surface area contributed by atoms with Gasteiger partial charge >= 0.3 is 11.5 Å². The molecule has 0 amide bonds. The standard InChI is InChI=1S/C7H7F3N2O2S2/c8-7(9,10)16-2-1-11-6-12-4(3-15-6)5(13)14/h3H,1-2H2,(H,11,12)(H,13,14). The number of aromatic carboxylic acids is 1. The van der Waals surface area contributed by atoms with Crippen LogP contribution in [-0.2, 0) is 0 Å². The van der Waals surface area contributed by atoms with Crippen molar-refractivity contribution in [3.8, 4) is 0 Å². The van der Waals surface area contributed by atoms with Gasteiger partial charge in [0.2, 0.25) is 0 Å². The number of carbonyl (C=O) groups is 1. The Balaban J connectivity index is 2.30. The van der Waals surface area contributed by atoms with E-state index in [1.54, 1.807) is 0 Å². The number of hydrogen-bond acceptors (Lipinski definition) is 5. The molecule has 0 saturated carbocycles. The average Bonchev–Trinajstić information content (AvgIpc) is 2.59. The molecule has 0 bridgehead atoms. The van der Waals surface area contributed by atoms with Gasteiger partial charge in [0.25, 0.3) is 0 Å². The van der Waals surface area contributed by atoms with Gasteiger partial charge in [-0.2, -0.15) is 13.2 Å². The SMILES string of the molecule is O=C(O)c1csc(NCCSC(F)(F)F)n1. The van der Waals surface area contributed by atoms with Crippen LogP contribution in [-0.4, -0.2) is 33.9 Å². The van der Waals surface area contributed by atoms with Crippen LogP contribution in [0.1, 0.15) is 10.5 Å². The summed E-state index contributed by atoms with van der Waals surface area (Å²) in [6.07, 6.45) is 0. The van der Waals surface area contributed by atoms with Gasteiger partial charge in [-0.05, 0) is 11.8 Å². The molecule has 0 radical (unpaired) electrons. The van der Waals surface area contributed by atoms with Crippen LogP contribution in [0.5, 0.6) is 0 Å². The number of nitrogens with zero attached hydrogens (tertiary/aromatic N) is 1. The highest BCUT2D eigenvalue weighted by Gasteiger charge is 2.27. The molecule has 0 atom stereocenters. The molecule has 90 valence electrons. The average molecular weight is 272 g/mol. The lowest BCUT2D eigenvalue weighted by Gasteiger charge is -2.05. The number of hydrogen-bond donors (Lipinski definition) is 2. The molecule has 2 N–H and O–H groups in total. The van der Waals surface area contributed by atoms with Gasteiger partial charge in [-0.15, -0.1) is 11.3 Å². The molecular weight excluding hydrogens is 265 g/mol. The summed E-state index contributed by atoms with van der Waals surface area (Å²) in [5, 5.41) is 12.8. The summed E-state index contributed by atoms with van der Waals surface area (Å²) in [5.74, 6) is -1.31. The van der Waals surface area contributed by atoms with Crippen molar-refractivity contribution >= 4 is 34.2 Å². The Hall–Kier alpha value is -0.960. The van der Waals surface area contributed by atoms with Gasteiger partial charge in [0.05, 0.1) is 0 Å². The summed E-state index contributed by atoms with van der Waals surface area (Å²) < 4.78 is 35.2. The minimum absolute atomic E-state index is 0.0801. The Kier molecular flexibility index (Phi) is 4.42. The van der Waals surface area contributed by atoms with E-state index in [9.17, 15) is 18.0 Å². The molecule has 0 saturated heterocycles. The van der Waals surface area contributed by atoms with Crippen LogP contribution in [0.4, 0.5) is 18.3 Å². The molecule has 4 nitrogen and oxygen atoms in total. The van der Waals surface area contributed by atoms with Gasteiger partial charge in [0.15, 0.2) is 10.8 Å². The number of alkyl halides is 3. The van der Waals surface area contributed by atoms with Crippen LogP contribution in [0.2, 0.25) is 0 Å². The number of thioether (sulfide) groups is 1. The van der Waals surface area contributed by atoms with E-state index < -0.39 is 11.5 Å². The number of carboxylic acid groups (broad SMARTS) is 1. The lowest BCUT2D eigenvalue weighted by Crippen LogP contribution is -2.09. The zero-order chi connectivity index (χ0) is 12.2. The molecular formula is C7H7F3N2O2S2. The van der Waals surface area contributed by atoms with E-state index in [-0.39, 0.29) is 29.8 Å². The fourth-order valence-electron chi connectivity index (χ4n) is 0.778. The number of carboxylic acids is 1. The second-order valence-electron chi connectivity index (χ2n) is 2.56. The predicted molar refractivity (Wildman–Crippen MR) is 56.1 cm³/mol. The van der Waals surface area contributed by atoms with E-state index in [1.165, 1.54) is 5.38 Å². The first kappa shape index (κ1) is 13.1. The van der Waals surface area contributed by atoms with E-state index in [2.05, 4.69) is 10.3 Å². The van der Waals surface area contributed by atoms with Crippen molar-refractivity contribution < 1.29 is 23.1 Å². The largest absolute Gasteiger partial charge is 0.476 e. The lowest BCUT2D eigenvalue weighted by molar-refractivity contribution is -0.0327. The number of rotatable bonds is 5. The smallest absolute Gasteiger partial charge is 0.441 e. The van der Waals surface area contributed by atoms with E-state index in [4.69, 9.17) is 5.11 Å². The van der Waals surface area contributed by atoms with Crippen LogP contribution >= 0.6 is 23.1 Å². The van der Waals surface area contributed by atoms with Crippen LogP contribution in [0, 0.1) is 0 Å². The van der Waals surface area contributed by atoms with Crippen molar-refractivity contribution in [3.63, 3.8) is 0 Å². The zero-order valence-electron chi connectivity index (χ0n) is 7.74. The zero-order valence-corrected chi connectivity index (χ0v) is 9.38. The molecule has 0 aliphatic heterocycles. The molecule has 1 aromatic rings. The van der Waals surface area contributed by atoms with Crippen LogP contribution in [0.3, 0.4) is 0 Å². The topological polar surface area (TPSA) is 62.2 Å². The second-order valence-corrected chi connectivity index (χ2v) is 4.58. The molecule has 0 unspecified atom stereocenters. The molecule has 9 heteroatoms. The molecule has 0 aromatic carbocycles. The van der Waals surface area contributed by atoms with Gasteiger partial charge in [-0.1, -0.05) is 0 Å². The van der Waals surface area contributed by atoms with Crippen LogP contribution < -0.4 is 5.32 Å². The van der Waals surface area contributed by atoms with Crippen molar-refractivity contribution in [1.82, 2.24) is 4.98 Å². The normalized spacial score (nSPS) is 11.4. The first-order valence-corrected chi connectivity index (χ1v) is 5.88. The van der Waals surface area contributed by atoms with Gasteiger partial charge in [0.1, 0.15) is 0 Å². The third-order valence-corrected chi connectivity index (χ3v) is 2.90. The van der Waals surface area contributed by atoms with Gasteiger partial charge in [0, 0.05) is 17.7 Å². The minimum Gasteiger partial charge on any atom is -0.476 e. The Labute approximate surface area is 96.9 Å². The van der Waals surface area contributed by atoms with E-state index in [0.717, 1.165) is 11.3 Å². The molecule has 0 spiro atoms. The molecule has 0 fully saturated rings. The van der Waals surface area contributed by atoms with Crippen molar-refractivity contribution in [1.29, 1.82) is 0 Å². The number of anilines is 1. The summed E-state index contributed by atoms with van der Waals surface area (Å²) in [7, 11) is 0. The van der Waals surface area contributed by atoms with Crippen LogP contribution in [0.15, 0.2) is 5.38 Å². The van der Waals surface area contributed by atoms with Crippen molar-refractivity contribution in [2.24, 2.45) is 0 Å². The maximum absolute atomic E-state index is 11.7. The number of aromatic nitrogens is 1. The third kappa shape index (κ3) is 4.71. The first-order chi connectivity index (χ1) is 7.38. The summed E-state index contributed by atoms with van der Waals surface area (Å²) in [6, 6.07) is 0. The maximum Gasteiger partial charge on any atom is 0.441 e. The quantitative estimate of drug-likeness (QED) is 0.806. The highest BCUT2D eigenvalue weighted by Crippen LogP contribution is 2.29. The number of halogens is 3. The fraction of sp³-hybridized carbons (Fsp3) is 0.429. The molecule has 1 aromatic heterocycles. The van der Waals surface area contributed by atoms with Gasteiger partial charge in [-0.25, -0.2) is 9.78 Å². The number of nitrogens with one attached hydrogen (secondary N) is 1. The van der Waals surface area contributed by atoms with Gasteiger partial charge < -0.3 is 10.4 Å². The highest BCUT2D eigenvalue weighted by atomic mass is 32.2. The fourth-order valence-corrected chi connectivity index (χ4v) is 1.93. The molecule has 1 rings (SSSR count). The Morgan fingerprint density at radius 2 is 2.31 bits per heavy atom. The van der Waals surface area contributed by atoms with Crippen molar-refractivity contribution in [2.45, 2.75) is 5.51 Å². The maximum atomic E-state index is 11.7. The Morgan fingerprint density at radius 1 is 1.62 bits per heavy atom. The minimum atomic E-state index is -4.24. The summed E-state index contributed by atoms with van der Waals surface area (Å²) in [4.78, 5) is 14.1. The van der Waals surface area contributed by atoms with Crippen molar-refractivity contribution in [3.05, 3.63) is 11.1 Å². The molecule has 0 aliphatic rings. The summed E-state index contributed by atoms with van der Waals surface area (Å²) in [6.45, 7) is 0.0801. The Bertz CT molecular complexity index is 367. The van der Waals surface area contributed by atoms with Gasteiger partial charge in [-0.3, -0.25) is 0 Å². The van der Waals surface area contributed by atoms with E-state index in [1.807, 2.05) is 0 Å². The molecule has 16 heavy (non-hydrogen) atoms. The second kappa shape index (κ2) is 5.39. The number of thiazole rings is 1.